The second-order valence-electron chi connectivity index (χ2n) is 3.52. The van der Waals surface area contributed by atoms with Crippen LogP contribution in [-0.2, 0) is 6.42 Å². The number of rotatable bonds is 4. The van der Waals surface area contributed by atoms with Crippen LogP contribution in [-0.4, -0.2) is 4.98 Å². The molecule has 1 aromatic carbocycles. The molecule has 6 heteroatoms. The summed E-state index contributed by atoms with van der Waals surface area (Å²) in [5.74, 6) is 5.62. The highest BCUT2D eigenvalue weighted by molar-refractivity contribution is 14.1. The molecule has 0 radical (unpaired) electrons. The third-order valence-electron chi connectivity index (χ3n) is 2.40. The fraction of sp³-hybridized carbons (Fsp3) is 0.182. The topological polar surface area (TPSA) is 50.9 Å². The molecule has 0 spiro atoms. The molecule has 1 unspecified atom stereocenters. The lowest BCUT2D eigenvalue weighted by molar-refractivity contribution is 0.548. The molecule has 0 fully saturated rings. The van der Waals surface area contributed by atoms with E-state index in [1.54, 1.807) is 17.5 Å². The zero-order valence-electron chi connectivity index (χ0n) is 8.86. The van der Waals surface area contributed by atoms with Crippen LogP contribution in [0, 0.1) is 3.57 Å². The Balaban J connectivity index is 2.25. The average molecular weight is 380 g/mol. The van der Waals surface area contributed by atoms with Gasteiger partial charge in [0.25, 0.3) is 0 Å². The molecule has 2 aromatic rings. The molecule has 0 aliphatic heterocycles. The predicted octanol–water partition coefficient (Wildman–Crippen LogP) is 3.15. The summed E-state index contributed by atoms with van der Waals surface area (Å²) >= 11 is 9.93. The number of nitrogens with one attached hydrogen (secondary N) is 1. The lowest BCUT2D eigenvalue weighted by Crippen LogP contribution is -2.30. The molecule has 0 aliphatic rings. The molecule has 0 aliphatic carbocycles. The first-order valence-electron chi connectivity index (χ1n) is 5.00. The van der Waals surface area contributed by atoms with E-state index >= 15 is 0 Å². The number of aromatic nitrogens is 1. The highest BCUT2D eigenvalue weighted by atomic mass is 127. The van der Waals surface area contributed by atoms with Gasteiger partial charge in [-0.25, -0.2) is 4.98 Å². The molecule has 90 valence electrons. The van der Waals surface area contributed by atoms with Gasteiger partial charge in [-0.3, -0.25) is 11.3 Å². The lowest BCUT2D eigenvalue weighted by Gasteiger charge is -2.17. The maximum absolute atomic E-state index is 6.01. The van der Waals surface area contributed by atoms with Gasteiger partial charge >= 0.3 is 0 Å². The molecule has 0 saturated carbocycles. The number of thiazole rings is 1. The number of hydrogen-bond donors (Lipinski definition) is 2. The number of nitrogens with zero attached hydrogens (tertiary/aromatic N) is 1. The fourth-order valence-corrected chi connectivity index (χ4v) is 3.12. The molecule has 1 aromatic heterocycles. The van der Waals surface area contributed by atoms with Crippen molar-refractivity contribution >= 4 is 45.5 Å². The van der Waals surface area contributed by atoms with Crippen molar-refractivity contribution < 1.29 is 0 Å². The summed E-state index contributed by atoms with van der Waals surface area (Å²) in [4.78, 5) is 4.27. The predicted molar refractivity (Wildman–Crippen MR) is 80.1 cm³/mol. The van der Waals surface area contributed by atoms with Crippen LogP contribution in [0.1, 0.15) is 16.6 Å². The highest BCUT2D eigenvalue weighted by Crippen LogP contribution is 2.26. The van der Waals surface area contributed by atoms with Crippen LogP contribution >= 0.6 is 45.5 Å². The van der Waals surface area contributed by atoms with E-state index in [1.165, 1.54) is 0 Å². The minimum absolute atomic E-state index is 0.0340. The van der Waals surface area contributed by atoms with E-state index in [0.717, 1.165) is 25.6 Å². The third kappa shape index (κ3) is 3.38. The van der Waals surface area contributed by atoms with Crippen molar-refractivity contribution in [2.45, 2.75) is 12.5 Å². The van der Waals surface area contributed by atoms with Gasteiger partial charge in [0, 0.05) is 26.6 Å². The van der Waals surface area contributed by atoms with Gasteiger partial charge in [-0.15, -0.1) is 11.3 Å². The quantitative estimate of drug-likeness (QED) is 0.487. The van der Waals surface area contributed by atoms with Crippen molar-refractivity contribution in [3.8, 4) is 0 Å². The second kappa shape index (κ2) is 6.10. The zero-order valence-corrected chi connectivity index (χ0v) is 12.6. The van der Waals surface area contributed by atoms with Crippen molar-refractivity contribution in [1.82, 2.24) is 10.4 Å². The van der Waals surface area contributed by atoms with Gasteiger partial charge in [0.05, 0.1) is 11.0 Å². The molecule has 2 rings (SSSR count). The Kier molecular flexibility index (Phi) is 4.75. The Morgan fingerprint density at radius 3 is 3.00 bits per heavy atom. The third-order valence-corrected chi connectivity index (χ3v) is 4.42. The lowest BCUT2D eigenvalue weighted by atomic mass is 10.1. The normalized spacial score (nSPS) is 12.6. The Bertz CT molecular complexity index is 489. The van der Waals surface area contributed by atoms with Crippen molar-refractivity contribution in [2.75, 3.05) is 0 Å². The molecule has 3 nitrogen and oxygen atoms in total. The summed E-state index contributed by atoms with van der Waals surface area (Å²) in [6.07, 6.45) is 2.57. The summed E-state index contributed by atoms with van der Waals surface area (Å²) in [6.45, 7) is 0. The van der Waals surface area contributed by atoms with Crippen molar-refractivity contribution in [3.05, 3.63) is 48.9 Å². The Morgan fingerprint density at radius 2 is 2.35 bits per heavy atom. The molecule has 0 saturated heterocycles. The fourth-order valence-electron chi connectivity index (χ4n) is 1.57. The summed E-state index contributed by atoms with van der Waals surface area (Å²) in [5.41, 5.74) is 3.94. The SMILES string of the molecule is NNC(Cc1nccs1)c1cc(Cl)ccc1I. The number of hydrogen-bond acceptors (Lipinski definition) is 4. The zero-order chi connectivity index (χ0) is 12.3. The van der Waals surface area contributed by atoms with Crippen molar-refractivity contribution in [2.24, 2.45) is 5.84 Å². The maximum Gasteiger partial charge on any atom is 0.0944 e. The van der Waals surface area contributed by atoms with Crippen LogP contribution in [0.2, 0.25) is 5.02 Å². The molecule has 0 amide bonds. The number of nitrogens with two attached hydrogens (primary N) is 1. The first kappa shape index (κ1) is 13.2. The Morgan fingerprint density at radius 1 is 1.53 bits per heavy atom. The van der Waals surface area contributed by atoms with Gasteiger partial charge in [0.15, 0.2) is 0 Å². The molecule has 1 heterocycles. The summed E-state index contributed by atoms with van der Waals surface area (Å²) in [7, 11) is 0. The molecular formula is C11H11ClIN3S. The van der Waals surface area contributed by atoms with Gasteiger partial charge in [0.2, 0.25) is 0 Å². The molecule has 0 bridgehead atoms. The van der Waals surface area contributed by atoms with Crippen molar-refractivity contribution in [1.29, 1.82) is 0 Å². The minimum atomic E-state index is 0.0340. The summed E-state index contributed by atoms with van der Waals surface area (Å²) in [5, 5.41) is 3.75. The van der Waals surface area contributed by atoms with E-state index in [0.29, 0.717) is 0 Å². The van der Waals surface area contributed by atoms with E-state index in [-0.39, 0.29) is 6.04 Å². The van der Waals surface area contributed by atoms with E-state index in [2.05, 4.69) is 33.0 Å². The summed E-state index contributed by atoms with van der Waals surface area (Å²) < 4.78 is 1.14. The van der Waals surface area contributed by atoms with E-state index in [4.69, 9.17) is 17.4 Å². The number of halogens is 2. The van der Waals surface area contributed by atoms with Gasteiger partial charge < -0.3 is 0 Å². The number of benzene rings is 1. The highest BCUT2D eigenvalue weighted by Gasteiger charge is 2.15. The molecular weight excluding hydrogens is 369 g/mol. The molecule has 17 heavy (non-hydrogen) atoms. The van der Waals surface area contributed by atoms with Crippen LogP contribution in [0.15, 0.2) is 29.8 Å². The largest absolute Gasteiger partial charge is 0.271 e. The van der Waals surface area contributed by atoms with Gasteiger partial charge in [0.1, 0.15) is 0 Å². The second-order valence-corrected chi connectivity index (χ2v) is 6.09. The Labute approximate surface area is 123 Å². The summed E-state index contributed by atoms with van der Waals surface area (Å²) in [6, 6.07) is 5.85. The first-order valence-corrected chi connectivity index (χ1v) is 7.34. The van der Waals surface area contributed by atoms with Crippen LogP contribution in [0.4, 0.5) is 0 Å². The number of hydrazine groups is 1. The maximum atomic E-state index is 6.01. The van der Waals surface area contributed by atoms with E-state index in [1.807, 2.05) is 23.6 Å². The van der Waals surface area contributed by atoms with Crippen LogP contribution in [0.3, 0.4) is 0 Å². The van der Waals surface area contributed by atoms with E-state index in [9.17, 15) is 0 Å². The average Bonchev–Trinajstić information content (AvgIpc) is 2.82. The van der Waals surface area contributed by atoms with Crippen LogP contribution in [0.25, 0.3) is 0 Å². The minimum Gasteiger partial charge on any atom is -0.271 e. The molecule has 1 atom stereocenters. The van der Waals surface area contributed by atoms with Gasteiger partial charge in [-0.1, -0.05) is 11.6 Å². The Hall–Kier alpha value is -0.210. The van der Waals surface area contributed by atoms with Crippen molar-refractivity contribution in [3.63, 3.8) is 0 Å². The smallest absolute Gasteiger partial charge is 0.0944 e. The van der Waals surface area contributed by atoms with Gasteiger partial charge in [-0.2, -0.15) is 0 Å². The standard InChI is InChI=1S/C11H11ClIN3S/c12-7-1-2-9(13)8(5-7)10(16-14)6-11-15-3-4-17-11/h1-5,10,16H,6,14H2. The van der Waals surface area contributed by atoms with Crippen LogP contribution in [0.5, 0.6) is 0 Å². The van der Waals surface area contributed by atoms with Gasteiger partial charge in [-0.05, 0) is 46.4 Å². The monoisotopic (exact) mass is 379 g/mol. The van der Waals surface area contributed by atoms with E-state index < -0.39 is 0 Å². The molecule has 3 N–H and O–H groups in total. The first-order chi connectivity index (χ1) is 8.20. The van der Waals surface area contributed by atoms with Crippen LogP contribution < -0.4 is 11.3 Å².